The van der Waals surface area contributed by atoms with E-state index in [1.165, 1.54) is 18.5 Å². The molecule has 0 saturated heterocycles. The normalized spacial score (nSPS) is 14.9. The molecule has 0 radical (unpaired) electrons. The maximum Gasteiger partial charge on any atom is 0.586 e. The van der Waals surface area contributed by atoms with Crippen molar-refractivity contribution in [2.45, 2.75) is 13.2 Å². The number of benzene rings is 1. The number of hydrogen-bond donors (Lipinski definition) is 2. The van der Waals surface area contributed by atoms with Gasteiger partial charge in [-0.05, 0) is 19.1 Å². The van der Waals surface area contributed by atoms with E-state index in [1.54, 1.807) is 13.1 Å². The zero-order valence-corrected chi connectivity index (χ0v) is 11.3. The Hall–Kier alpha value is -2.64. The van der Waals surface area contributed by atoms with Gasteiger partial charge in [-0.3, -0.25) is 0 Å². The number of anilines is 3. The third kappa shape index (κ3) is 2.51. The number of nitrogens with one attached hydrogen (secondary N) is 2. The molecule has 1 aromatic carbocycles. The molecule has 0 saturated carbocycles. The van der Waals surface area contributed by atoms with E-state index in [0.29, 0.717) is 17.3 Å². The minimum absolute atomic E-state index is 0.000809. The number of halogens is 2. The average molecular weight is 294 g/mol. The van der Waals surface area contributed by atoms with Crippen molar-refractivity contribution in [3.8, 4) is 11.5 Å². The highest BCUT2D eigenvalue weighted by molar-refractivity contribution is 5.66. The number of fused-ring (bicyclic) bond motifs is 1. The zero-order valence-electron chi connectivity index (χ0n) is 11.3. The minimum Gasteiger partial charge on any atom is -0.395 e. The molecule has 0 atom stereocenters. The van der Waals surface area contributed by atoms with Crippen molar-refractivity contribution >= 4 is 17.3 Å². The van der Waals surface area contributed by atoms with Gasteiger partial charge in [0.05, 0.1) is 0 Å². The zero-order chi connectivity index (χ0) is 15.0. The number of nitrogens with zero attached hydrogens (tertiary/aromatic N) is 2. The van der Waals surface area contributed by atoms with E-state index in [9.17, 15) is 8.78 Å². The molecule has 0 aliphatic carbocycles. The van der Waals surface area contributed by atoms with Crippen LogP contribution in [0.5, 0.6) is 11.5 Å². The van der Waals surface area contributed by atoms with Crippen molar-refractivity contribution in [2.75, 3.05) is 17.7 Å². The van der Waals surface area contributed by atoms with E-state index in [2.05, 4.69) is 30.1 Å². The van der Waals surface area contributed by atoms with Crippen LogP contribution in [-0.2, 0) is 0 Å². The highest BCUT2D eigenvalue weighted by Crippen LogP contribution is 2.42. The smallest absolute Gasteiger partial charge is 0.395 e. The molecule has 2 N–H and O–H groups in total. The molecule has 0 unspecified atom stereocenters. The van der Waals surface area contributed by atoms with Crippen LogP contribution in [0.2, 0.25) is 0 Å². The fourth-order valence-electron chi connectivity index (χ4n) is 1.99. The van der Waals surface area contributed by atoms with Gasteiger partial charge >= 0.3 is 6.29 Å². The molecular formula is C13H12F2N4O2. The summed E-state index contributed by atoms with van der Waals surface area (Å²) in [5.74, 6) is 1.23. The van der Waals surface area contributed by atoms with Gasteiger partial charge in [-0.2, -0.15) is 0 Å². The Balaban J connectivity index is 1.87. The second kappa shape index (κ2) is 4.72. The topological polar surface area (TPSA) is 68.3 Å². The lowest BCUT2D eigenvalue weighted by Crippen LogP contribution is -2.25. The number of hydrogen-bond acceptors (Lipinski definition) is 6. The molecule has 0 fully saturated rings. The first-order valence-corrected chi connectivity index (χ1v) is 6.15. The lowest BCUT2D eigenvalue weighted by molar-refractivity contribution is -0.286. The van der Waals surface area contributed by atoms with Gasteiger partial charge in [-0.15, -0.1) is 8.78 Å². The Labute approximate surface area is 119 Å². The molecule has 1 aromatic heterocycles. The first-order valence-electron chi connectivity index (χ1n) is 6.15. The van der Waals surface area contributed by atoms with Gasteiger partial charge in [0.1, 0.15) is 18.0 Å². The Morgan fingerprint density at radius 2 is 1.81 bits per heavy atom. The second-order valence-electron chi connectivity index (χ2n) is 4.40. The number of aromatic nitrogens is 2. The van der Waals surface area contributed by atoms with Gasteiger partial charge < -0.3 is 20.1 Å². The SMILES string of the molecule is CNc1ncnc(Nc2ccc3c(c2)OC(F)(F)O3)c1C. The molecule has 2 aromatic rings. The van der Waals surface area contributed by atoms with E-state index in [-0.39, 0.29) is 11.5 Å². The fraction of sp³-hybridized carbons (Fsp3) is 0.231. The van der Waals surface area contributed by atoms with Crippen LogP contribution in [0.1, 0.15) is 5.56 Å². The Morgan fingerprint density at radius 3 is 2.57 bits per heavy atom. The Kier molecular flexibility index (Phi) is 3.00. The molecule has 8 heteroatoms. The maximum atomic E-state index is 13.0. The van der Waals surface area contributed by atoms with Crippen LogP contribution in [0, 0.1) is 6.92 Å². The monoisotopic (exact) mass is 294 g/mol. The quantitative estimate of drug-likeness (QED) is 0.907. The highest BCUT2D eigenvalue weighted by atomic mass is 19.3. The van der Waals surface area contributed by atoms with E-state index < -0.39 is 6.29 Å². The summed E-state index contributed by atoms with van der Waals surface area (Å²) >= 11 is 0. The number of rotatable bonds is 3. The minimum atomic E-state index is -3.62. The molecule has 110 valence electrons. The van der Waals surface area contributed by atoms with Crippen LogP contribution in [0.25, 0.3) is 0 Å². The molecule has 1 aliphatic rings. The summed E-state index contributed by atoms with van der Waals surface area (Å²) in [6.45, 7) is 1.84. The third-order valence-electron chi connectivity index (χ3n) is 2.98. The largest absolute Gasteiger partial charge is 0.586 e. The van der Waals surface area contributed by atoms with Gasteiger partial charge in [-0.25, -0.2) is 9.97 Å². The summed E-state index contributed by atoms with van der Waals surface area (Å²) < 4.78 is 34.7. The molecule has 0 spiro atoms. The summed E-state index contributed by atoms with van der Waals surface area (Å²) in [5.41, 5.74) is 1.36. The van der Waals surface area contributed by atoms with Gasteiger partial charge in [0.25, 0.3) is 0 Å². The summed E-state index contributed by atoms with van der Waals surface area (Å²) in [6, 6.07) is 4.44. The lowest BCUT2D eigenvalue weighted by atomic mass is 10.2. The Bertz CT molecular complexity index is 694. The molecule has 21 heavy (non-hydrogen) atoms. The van der Waals surface area contributed by atoms with Crippen LogP contribution >= 0.6 is 0 Å². The van der Waals surface area contributed by atoms with E-state index in [4.69, 9.17) is 0 Å². The molecular weight excluding hydrogens is 282 g/mol. The number of ether oxygens (including phenoxy) is 2. The molecule has 1 aliphatic heterocycles. The summed E-state index contributed by atoms with van der Waals surface area (Å²) in [5, 5.41) is 5.97. The highest BCUT2D eigenvalue weighted by Gasteiger charge is 2.43. The lowest BCUT2D eigenvalue weighted by Gasteiger charge is -2.11. The molecule has 6 nitrogen and oxygen atoms in total. The summed E-state index contributed by atoms with van der Waals surface area (Å²) in [7, 11) is 1.75. The van der Waals surface area contributed by atoms with Crippen molar-refractivity contribution in [1.29, 1.82) is 0 Å². The van der Waals surface area contributed by atoms with Crippen LogP contribution in [-0.4, -0.2) is 23.3 Å². The van der Waals surface area contributed by atoms with E-state index >= 15 is 0 Å². The van der Waals surface area contributed by atoms with Crippen molar-refractivity contribution < 1.29 is 18.3 Å². The molecule has 3 rings (SSSR count). The fourth-order valence-corrected chi connectivity index (χ4v) is 1.99. The van der Waals surface area contributed by atoms with Crippen molar-refractivity contribution in [3.63, 3.8) is 0 Å². The first-order chi connectivity index (χ1) is 9.98. The predicted molar refractivity (Wildman–Crippen MR) is 72.2 cm³/mol. The molecule has 0 amide bonds. The van der Waals surface area contributed by atoms with Gasteiger partial charge in [0, 0.05) is 24.4 Å². The average Bonchev–Trinajstić information content (AvgIpc) is 2.74. The van der Waals surface area contributed by atoms with Gasteiger partial charge in [0.15, 0.2) is 11.5 Å². The van der Waals surface area contributed by atoms with Crippen LogP contribution in [0.4, 0.5) is 26.1 Å². The predicted octanol–water partition coefficient (Wildman–Crippen LogP) is 2.89. The maximum absolute atomic E-state index is 13.0. The van der Waals surface area contributed by atoms with Crippen LogP contribution in [0.15, 0.2) is 24.5 Å². The summed E-state index contributed by atoms with van der Waals surface area (Å²) in [6.07, 6.45) is -2.21. The number of alkyl halides is 2. The van der Waals surface area contributed by atoms with Crippen LogP contribution in [0.3, 0.4) is 0 Å². The van der Waals surface area contributed by atoms with E-state index in [1.807, 2.05) is 6.92 Å². The first kappa shape index (κ1) is 13.3. The molecule has 2 heterocycles. The second-order valence-corrected chi connectivity index (χ2v) is 4.40. The third-order valence-corrected chi connectivity index (χ3v) is 2.98. The summed E-state index contributed by atoms with van der Waals surface area (Å²) in [4.78, 5) is 8.19. The van der Waals surface area contributed by atoms with Gasteiger partial charge in [0.2, 0.25) is 0 Å². The van der Waals surface area contributed by atoms with Crippen molar-refractivity contribution in [3.05, 3.63) is 30.1 Å². The molecule has 0 bridgehead atoms. The Morgan fingerprint density at radius 1 is 1.10 bits per heavy atom. The van der Waals surface area contributed by atoms with Crippen LogP contribution < -0.4 is 20.1 Å². The van der Waals surface area contributed by atoms with Crippen molar-refractivity contribution in [2.24, 2.45) is 0 Å². The van der Waals surface area contributed by atoms with Gasteiger partial charge in [-0.1, -0.05) is 0 Å². The standard InChI is InChI=1S/C13H12F2N4O2/c1-7-11(16-2)17-6-18-12(7)19-8-3-4-9-10(5-8)21-13(14,15)20-9/h3-6H,1-2H3,(H2,16,17,18,19). The van der Waals surface area contributed by atoms with Crippen molar-refractivity contribution in [1.82, 2.24) is 9.97 Å². The van der Waals surface area contributed by atoms with E-state index in [0.717, 1.165) is 5.56 Å².